The summed E-state index contributed by atoms with van der Waals surface area (Å²) < 4.78 is 10.6. The van der Waals surface area contributed by atoms with Gasteiger partial charge in [0.15, 0.2) is 11.5 Å². The van der Waals surface area contributed by atoms with E-state index in [1.165, 1.54) is 0 Å². The molecule has 108 valence electrons. The Kier molecular flexibility index (Phi) is 4.45. The minimum absolute atomic E-state index is 0.00882. The largest absolute Gasteiger partial charge is 0.481 e. The third kappa shape index (κ3) is 3.63. The van der Waals surface area contributed by atoms with Crippen LogP contribution in [0, 0.1) is 5.92 Å². The van der Waals surface area contributed by atoms with Crippen molar-refractivity contribution in [2.24, 2.45) is 5.92 Å². The van der Waals surface area contributed by atoms with Crippen LogP contribution in [0.1, 0.15) is 25.3 Å². The number of hydrogen-bond acceptors (Lipinski definition) is 4. The summed E-state index contributed by atoms with van der Waals surface area (Å²) in [5, 5.41) is 11.4. The number of nitrogens with one attached hydrogen (secondary N) is 1. The molecular weight excluding hydrogens is 262 g/mol. The smallest absolute Gasteiger partial charge is 0.303 e. The fraction of sp³-hybridized carbons (Fsp3) is 0.429. The summed E-state index contributed by atoms with van der Waals surface area (Å²) in [5.74, 6) is 0.0861. The molecule has 0 fully saturated rings. The van der Waals surface area contributed by atoms with Crippen LogP contribution in [0.25, 0.3) is 0 Å². The Morgan fingerprint density at radius 2 is 2.15 bits per heavy atom. The summed E-state index contributed by atoms with van der Waals surface area (Å²) in [6, 6.07) is 5.50. The molecule has 1 aromatic rings. The third-order valence-corrected chi connectivity index (χ3v) is 3.01. The van der Waals surface area contributed by atoms with E-state index in [9.17, 15) is 9.59 Å². The predicted molar refractivity (Wildman–Crippen MR) is 70.4 cm³/mol. The Hall–Kier alpha value is -2.24. The van der Waals surface area contributed by atoms with Gasteiger partial charge in [0.1, 0.15) is 0 Å². The zero-order valence-electron chi connectivity index (χ0n) is 11.2. The Balaban J connectivity index is 1.85. The van der Waals surface area contributed by atoms with E-state index in [-0.39, 0.29) is 31.5 Å². The highest BCUT2D eigenvalue weighted by molar-refractivity contribution is 5.77. The average Bonchev–Trinajstić information content (AvgIpc) is 2.83. The standard InChI is InChI=1S/C14H17NO5/c1-9(6-13(17)18)5-12(16)15-7-10-3-2-4-11-14(10)20-8-19-11/h2-4,9H,5-8H2,1H3,(H,15,16)(H,17,18). The summed E-state index contributed by atoms with van der Waals surface area (Å²) in [6.45, 7) is 2.27. The summed E-state index contributed by atoms with van der Waals surface area (Å²) in [6.07, 6.45) is 0.184. The van der Waals surface area contributed by atoms with E-state index >= 15 is 0 Å². The van der Waals surface area contributed by atoms with Crippen LogP contribution >= 0.6 is 0 Å². The fourth-order valence-electron chi connectivity index (χ4n) is 2.08. The van der Waals surface area contributed by atoms with Crippen molar-refractivity contribution in [1.82, 2.24) is 5.32 Å². The molecule has 6 nitrogen and oxygen atoms in total. The summed E-state index contributed by atoms with van der Waals surface area (Å²) >= 11 is 0. The number of benzene rings is 1. The second-order valence-corrected chi connectivity index (χ2v) is 4.83. The lowest BCUT2D eigenvalue weighted by molar-refractivity contribution is -0.138. The van der Waals surface area contributed by atoms with Crippen LogP contribution in [-0.2, 0) is 16.1 Å². The maximum Gasteiger partial charge on any atom is 0.303 e. The fourth-order valence-corrected chi connectivity index (χ4v) is 2.08. The molecule has 1 atom stereocenters. The van der Waals surface area contributed by atoms with Crippen LogP contribution in [0.3, 0.4) is 0 Å². The van der Waals surface area contributed by atoms with Crippen LogP contribution in [0.4, 0.5) is 0 Å². The first-order valence-electron chi connectivity index (χ1n) is 6.42. The van der Waals surface area contributed by atoms with Crippen molar-refractivity contribution in [2.75, 3.05) is 6.79 Å². The van der Waals surface area contributed by atoms with Gasteiger partial charge in [0.25, 0.3) is 0 Å². The molecule has 1 amide bonds. The number of rotatable bonds is 6. The van der Waals surface area contributed by atoms with Gasteiger partial charge in [-0.05, 0) is 12.0 Å². The predicted octanol–water partition coefficient (Wildman–Crippen LogP) is 1.53. The molecule has 0 saturated heterocycles. The second kappa shape index (κ2) is 6.27. The molecule has 0 bridgehead atoms. The highest BCUT2D eigenvalue weighted by Crippen LogP contribution is 2.35. The first-order valence-corrected chi connectivity index (χ1v) is 6.42. The number of para-hydroxylation sites is 1. The van der Waals surface area contributed by atoms with Gasteiger partial charge in [0.05, 0.1) is 0 Å². The molecule has 1 aliphatic heterocycles. The minimum atomic E-state index is -0.892. The normalized spacial score (nSPS) is 13.8. The van der Waals surface area contributed by atoms with Gasteiger partial charge in [0.2, 0.25) is 12.7 Å². The number of amides is 1. The van der Waals surface area contributed by atoms with Crippen LogP contribution in [0.2, 0.25) is 0 Å². The van der Waals surface area contributed by atoms with Crippen molar-refractivity contribution in [2.45, 2.75) is 26.3 Å². The Labute approximate surface area is 116 Å². The molecule has 6 heteroatoms. The molecule has 1 heterocycles. The van der Waals surface area contributed by atoms with Gasteiger partial charge in [-0.3, -0.25) is 9.59 Å². The van der Waals surface area contributed by atoms with Crippen LogP contribution in [-0.4, -0.2) is 23.8 Å². The number of hydrogen-bond donors (Lipinski definition) is 2. The Morgan fingerprint density at radius 1 is 1.35 bits per heavy atom. The number of ether oxygens (including phenoxy) is 2. The van der Waals surface area contributed by atoms with Crippen LogP contribution in [0.5, 0.6) is 11.5 Å². The van der Waals surface area contributed by atoms with E-state index < -0.39 is 5.97 Å². The molecule has 1 aromatic carbocycles. The molecule has 20 heavy (non-hydrogen) atoms. The van der Waals surface area contributed by atoms with E-state index in [1.54, 1.807) is 6.92 Å². The topological polar surface area (TPSA) is 84.9 Å². The molecule has 2 N–H and O–H groups in total. The molecule has 0 aromatic heterocycles. The lowest BCUT2D eigenvalue weighted by atomic mass is 10.0. The monoisotopic (exact) mass is 279 g/mol. The van der Waals surface area contributed by atoms with Gasteiger partial charge in [-0.25, -0.2) is 0 Å². The Morgan fingerprint density at radius 3 is 2.90 bits per heavy atom. The van der Waals surface area contributed by atoms with Crippen molar-refractivity contribution >= 4 is 11.9 Å². The van der Waals surface area contributed by atoms with Gasteiger partial charge in [-0.15, -0.1) is 0 Å². The van der Waals surface area contributed by atoms with Crippen molar-refractivity contribution in [3.63, 3.8) is 0 Å². The zero-order chi connectivity index (χ0) is 14.5. The molecule has 2 rings (SSSR count). The number of carbonyl (C=O) groups is 2. The molecule has 1 unspecified atom stereocenters. The quantitative estimate of drug-likeness (QED) is 0.825. The van der Waals surface area contributed by atoms with Gasteiger partial charge in [0, 0.05) is 24.9 Å². The van der Waals surface area contributed by atoms with Gasteiger partial charge in [-0.1, -0.05) is 19.1 Å². The first kappa shape index (κ1) is 14.2. The van der Waals surface area contributed by atoms with E-state index in [0.717, 1.165) is 5.56 Å². The average molecular weight is 279 g/mol. The number of fused-ring (bicyclic) bond motifs is 1. The van der Waals surface area contributed by atoms with Crippen LogP contribution < -0.4 is 14.8 Å². The van der Waals surface area contributed by atoms with Crippen LogP contribution in [0.15, 0.2) is 18.2 Å². The van der Waals surface area contributed by atoms with Gasteiger partial charge < -0.3 is 19.9 Å². The SMILES string of the molecule is CC(CC(=O)O)CC(=O)NCc1cccc2c1OCO2. The van der Waals surface area contributed by atoms with E-state index in [1.807, 2.05) is 18.2 Å². The maximum atomic E-state index is 11.7. The van der Waals surface area contributed by atoms with E-state index in [2.05, 4.69) is 5.32 Å². The molecule has 0 saturated carbocycles. The van der Waals surface area contributed by atoms with E-state index in [0.29, 0.717) is 18.0 Å². The van der Waals surface area contributed by atoms with Crippen molar-refractivity contribution in [3.8, 4) is 11.5 Å². The second-order valence-electron chi connectivity index (χ2n) is 4.83. The molecule has 0 radical (unpaired) electrons. The van der Waals surface area contributed by atoms with Gasteiger partial charge in [-0.2, -0.15) is 0 Å². The van der Waals surface area contributed by atoms with Crippen molar-refractivity contribution in [1.29, 1.82) is 0 Å². The lowest BCUT2D eigenvalue weighted by Crippen LogP contribution is -2.25. The van der Waals surface area contributed by atoms with E-state index in [4.69, 9.17) is 14.6 Å². The molecular formula is C14H17NO5. The summed E-state index contributed by atoms with van der Waals surface area (Å²) in [5.41, 5.74) is 0.847. The Bertz CT molecular complexity index is 514. The minimum Gasteiger partial charge on any atom is -0.481 e. The third-order valence-electron chi connectivity index (χ3n) is 3.01. The van der Waals surface area contributed by atoms with Gasteiger partial charge >= 0.3 is 5.97 Å². The number of carbonyl (C=O) groups excluding carboxylic acids is 1. The zero-order valence-corrected chi connectivity index (χ0v) is 11.2. The first-order chi connectivity index (χ1) is 9.56. The highest BCUT2D eigenvalue weighted by Gasteiger charge is 2.18. The number of carboxylic acids is 1. The molecule has 0 spiro atoms. The highest BCUT2D eigenvalue weighted by atomic mass is 16.7. The summed E-state index contributed by atoms with van der Waals surface area (Å²) in [4.78, 5) is 22.3. The number of carboxylic acid groups (broad SMARTS) is 1. The molecule has 0 aliphatic carbocycles. The lowest BCUT2D eigenvalue weighted by Gasteiger charge is -2.10. The summed E-state index contributed by atoms with van der Waals surface area (Å²) in [7, 11) is 0. The van der Waals surface area contributed by atoms with Crippen molar-refractivity contribution in [3.05, 3.63) is 23.8 Å². The maximum absolute atomic E-state index is 11.7. The molecule has 1 aliphatic rings. The van der Waals surface area contributed by atoms with Crippen molar-refractivity contribution < 1.29 is 24.2 Å². The number of aliphatic carboxylic acids is 1.